The van der Waals surface area contributed by atoms with E-state index in [-0.39, 0.29) is 41.0 Å². The monoisotopic (exact) mass is 519 g/mol. The molecule has 0 spiro atoms. The van der Waals surface area contributed by atoms with Gasteiger partial charge in [0.2, 0.25) is 0 Å². The molecule has 1 saturated heterocycles. The second-order valence-electron chi connectivity index (χ2n) is 8.63. The van der Waals surface area contributed by atoms with E-state index in [2.05, 4.69) is 25.5 Å². The lowest BCUT2D eigenvalue weighted by Gasteiger charge is -2.33. The van der Waals surface area contributed by atoms with E-state index in [1.807, 2.05) is 24.3 Å². The minimum absolute atomic E-state index is 0.00199. The molecule has 1 atom stereocenters. The summed E-state index contributed by atoms with van der Waals surface area (Å²) in [5, 5.41) is 5.67. The summed E-state index contributed by atoms with van der Waals surface area (Å²) in [6.45, 7) is 3.56. The van der Waals surface area contributed by atoms with Gasteiger partial charge in [0, 0.05) is 26.2 Å². The first-order chi connectivity index (χ1) is 17.4. The van der Waals surface area contributed by atoms with Gasteiger partial charge in [-0.1, -0.05) is 23.7 Å². The van der Waals surface area contributed by atoms with Crippen LogP contribution in [0.4, 0.5) is 11.6 Å². The van der Waals surface area contributed by atoms with Gasteiger partial charge in [0.05, 0.1) is 6.61 Å². The number of aromatic nitrogens is 2. The molecule has 1 aromatic carbocycles. The number of aryl methyl sites for hydroxylation is 1. The predicted octanol–water partition coefficient (Wildman–Crippen LogP) is 1.26. The Hall–Kier alpha value is -3.15. The quantitative estimate of drug-likeness (QED) is 0.303. The summed E-state index contributed by atoms with van der Waals surface area (Å²) in [4.78, 5) is 34.5. The van der Waals surface area contributed by atoms with Crippen LogP contribution in [-0.4, -0.2) is 79.2 Å². The lowest BCUT2D eigenvalue weighted by Crippen LogP contribution is -2.48. The molecule has 1 fully saturated rings. The fourth-order valence-electron chi connectivity index (χ4n) is 3.99. The fraction of sp³-hybridized carbons (Fsp3) is 0.500. The summed E-state index contributed by atoms with van der Waals surface area (Å²) >= 11 is 5.89. The molecule has 1 aliphatic heterocycles. The maximum absolute atomic E-state index is 12.6. The molecule has 2 heterocycles. The molecule has 11 nitrogen and oxygen atoms in total. The van der Waals surface area contributed by atoms with Gasteiger partial charge >= 0.3 is 0 Å². The number of rotatable bonds is 12. The first-order valence-electron chi connectivity index (χ1n) is 11.9. The zero-order chi connectivity index (χ0) is 25.9. The molecular weight excluding hydrogens is 486 g/mol. The molecular formula is C24H34ClN7O4. The van der Waals surface area contributed by atoms with Crippen molar-refractivity contribution in [3.8, 4) is 5.75 Å². The van der Waals surface area contributed by atoms with Crippen LogP contribution in [0.2, 0.25) is 5.15 Å². The minimum Gasteiger partial charge on any atom is -0.484 e. The van der Waals surface area contributed by atoms with Crippen LogP contribution < -0.4 is 26.8 Å². The number of nitrogens with one attached hydrogen (secondary N) is 2. The normalized spacial score (nSPS) is 15.9. The molecule has 0 bridgehead atoms. The molecule has 1 aromatic heterocycles. The lowest BCUT2D eigenvalue weighted by molar-refractivity contribution is -0.123. The number of halogens is 1. The van der Waals surface area contributed by atoms with Crippen LogP contribution in [0, 0.1) is 0 Å². The van der Waals surface area contributed by atoms with Crippen molar-refractivity contribution in [1.29, 1.82) is 0 Å². The van der Waals surface area contributed by atoms with Gasteiger partial charge in [-0.2, -0.15) is 0 Å². The lowest BCUT2D eigenvalue weighted by atomic mass is 10.0. The van der Waals surface area contributed by atoms with Crippen LogP contribution in [-0.2, 0) is 16.0 Å². The second-order valence-corrected chi connectivity index (χ2v) is 8.98. The number of hydrogen-bond acceptors (Lipinski definition) is 9. The van der Waals surface area contributed by atoms with Crippen molar-refractivity contribution in [3.63, 3.8) is 0 Å². The Labute approximate surface area is 215 Å². The molecule has 0 aliphatic carbocycles. The number of ether oxygens (including phenoxy) is 2. The Morgan fingerprint density at radius 3 is 2.72 bits per heavy atom. The third kappa shape index (κ3) is 8.51. The number of likely N-dealkylation sites (tertiary alicyclic amines) is 1. The number of anilines is 2. The number of nitrogens with two attached hydrogens (primary N) is 2. The highest BCUT2D eigenvalue weighted by atomic mass is 35.5. The number of hydrogen-bond donors (Lipinski definition) is 4. The maximum atomic E-state index is 12.6. The van der Waals surface area contributed by atoms with Crippen LogP contribution in [0.1, 0.15) is 35.3 Å². The van der Waals surface area contributed by atoms with Gasteiger partial charge < -0.3 is 36.5 Å². The van der Waals surface area contributed by atoms with E-state index >= 15 is 0 Å². The van der Waals surface area contributed by atoms with Crippen LogP contribution in [0.5, 0.6) is 5.75 Å². The first-order valence-corrected chi connectivity index (χ1v) is 12.3. The van der Waals surface area contributed by atoms with E-state index in [0.29, 0.717) is 18.9 Å². The molecule has 2 aromatic rings. The van der Waals surface area contributed by atoms with Crippen LogP contribution >= 0.6 is 11.6 Å². The van der Waals surface area contributed by atoms with Gasteiger partial charge in [0.15, 0.2) is 29.1 Å². The number of nitrogens with zero attached hydrogens (tertiary/aromatic N) is 3. The molecule has 6 N–H and O–H groups in total. The molecule has 1 aliphatic rings. The van der Waals surface area contributed by atoms with Crippen molar-refractivity contribution in [3.05, 3.63) is 40.7 Å². The van der Waals surface area contributed by atoms with E-state index < -0.39 is 5.91 Å². The van der Waals surface area contributed by atoms with E-state index in [1.54, 1.807) is 7.11 Å². The van der Waals surface area contributed by atoms with Gasteiger partial charge in [-0.05, 0) is 56.5 Å². The number of piperidine rings is 1. The van der Waals surface area contributed by atoms with Gasteiger partial charge in [0.25, 0.3) is 11.8 Å². The molecule has 1 unspecified atom stereocenters. The molecule has 3 rings (SSSR count). The molecule has 0 radical (unpaired) electrons. The summed E-state index contributed by atoms with van der Waals surface area (Å²) in [6.07, 6.45) is 3.76. The number of carbonyl (C=O) groups is 2. The summed E-state index contributed by atoms with van der Waals surface area (Å²) in [6, 6.07) is 7.78. The van der Waals surface area contributed by atoms with Crippen LogP contribution in [0.15, 0.2) is 24.3 Å². The highest BCUT2D eigenvalue weighted by molar-refractivity contribution is 6.31. The van der Waals surface area contributed by atoms with E-state index in [0.717, 1.165) is 45.3 Å². The zero-order valence-corrected chi connectivity index (χ0v) is 21.2. The van der Waals surface area contributed by atoms with Gasteiger partial charge in [-0.25, -0.2) is 9.97 Å². The molecule has 0 saturated carbocycles. The average Bonchev–Trinajstić information content (AvgIpc) is 2.86. The van der Waals surface area contributed by atoms with Gasteiger partial charge in [0.1, 0.15) is 5.75 Å². The van der Waals surface area contributed by atoms with E-state index in [4.69, 9.17) is 32.5 Å². The molecule has 2 amide bonds. The largest absolute Gasteiger partial charge is 0.484 e. The highest BCUT2D eigenvalue weighted by Gasteiger charge is 2.24. The van der Waals surface area contributed by atoms with E-state index in [1.165, 1.54) is 5.56 Å². The number of benzene rings is 1. The number of nitrogen functional groups attached to an aromatic ring is 2. The Morgan fingerprint density at radius 1 is 1.19 bits per heavy atom. The van der Waals surface area contributed by atoms with Crippen LogP contribution in [0.25, 0.3) is 0 Å². The molecule has 196 valence electrons. The zero-order valence-electron chi connectivity index (χ0n) is 20.5. The smallest absolute Gasteiger partial charge is 0.274 e. The van der Waals surface area contributed by atoms with Crippen molar-refractivity contribution in [2.24, 2.45) is 0 Å². The predicted molar refractivity (Wildman–Crippen MR) is 138 cm³/mol. The average molecular weight is 520 g/mol. The van der Waals surface area contributed by atoms with Crippen molar-refractivity contribution in [2.45, 2.75) is 31.7 Å². The van der Waals surface area contributed by atoms with Gasteiger partial charge in [-0.3, -0.25) is 9.59 Å². The highest BCUT2D eigenvalue weighted by Crippen LogP contribution is 2.19. The topological polar surface area (TPSA) is 158 Å². The summed E-state index contributed by atoms with van der Waals surface area (Å²) in [7, 11) is 1.58. The Morgan fingerprint density at radius 2 is 1.97 bits per heavy atom. The number of amides is 2. The second kappa shape index (κ2) is 13.8. The van der Waals surface area contributed by atoms with E-state index in [9.17, 15) is 9.59 Å². The minimum atomic E-state index is -0.400. The maximum Gasteiger partial charge on any atom is 0.274 e. The van der Waals surface area contributed by atoms with Crippen molar-refractivity contribution in [1.82, 2.24) is 25.5 Å². The Bertz CT molecular complexity index is 1020. The van der Waals surface area contributed by atoms with Crippen molar-refractivity contribution < 1.29 is 19.1 Å². The number of carbonyl (C=O) groups excluding carboxylic acids is 2. The number of methoxy groups -OCH3 is 1. The van der Waals surface area contributed by atoms with Crippen molar-refractivity contribution in [2.75, 3.05) is 58.0 Å². The third-order valence-corrected chi connectivity index (χ3v) is 6.10. The molecule has 12 heteroatoms. The van der Waals surface area contributed by atoms with Gasteiger partial charge in [-0.15, -0.1) is 0 Å². The summed E-state index contributed by atoms with van der Waals surface area (Å²) < 4.78 is 10.4. The summed E-state index contributed by atoms with van der Waals surface area (Å²) in [5.41, 5.74) is 12.6. The first kappa shape index (κ1) is 27.4. The van der Waals surface area contributed by atoms with Crippen molar-refractivity contribution >= 4 is 35.1 Å². The third-order valence-electron chi connectivity index (χ3n) is 5.82. The summed E-state index contributed by atoms with van der Waals surface area (Å²) in [5.74, 6) is 0.0361. The standard InChI is InChI=1S/C24H34ClN7O4/c1-35-13-10-28-19(33)15-36-18-8-6-16(7-9-18)4-2-11-32-12-3-5-17(14-32)29-24(34)20-22(26)31-23(27)21(25)30-20/h6-9,17H,2-5,10-15H2,1H3,(H,28,33)(H,29,34)(H4,26,27,31). The van der Waals surface area contributed by atoms with Crippen LogP contribution in [0.3, 0.4) is 0 Å². The Kier molecular flexibility index (Phi) is 10.5. The Balaban J connectivity index is 1.38. The fourth-order valence-corrected chi connectivity index (χ4v) is 4.12. The molecule has 36 heavy (non-hydrogen) atoms. The SMILES string of the molecule is COCCNC(=O)COc1ccc(CCCN2CCCC(NC(=O)c3nc(Cl)c(N)nc3N)C2)cc1.